The van der Waals surface area contributed by atoms with Gasteiger partial charge in [-0.05, 0) is 47.4 Å². The molecule has 0 fully saturated rings. The van der Waals surface area contributed by atoms with Crippen molar-refractivity contribution in [3.8, 4) is 39.8 Å². The molecule has 236 valence electrons. The van der Waals surface area contributed by atoms with Gasteiger partial charge in [0.25, 0.3) is 15.7 Å². The second-order valence-electron chi connectivity index (χ2n) is 9.70. The maximum atomic E-state index is 12.6. The van der Waals surface area contributed by atoms with Crippen LogP contribution >= 0.6 is 10.7 Å². The molecule has 0 aliphatic heterocycles. The summed E-state index contributed by atoms with van der Waals surface area (Å²) in [5.74, 6) is 0.165. The first-order chi connectivity index (χ1) is 21.8. The molecule has 0 bridgehead atoms. The van der Waals surface area contributed by atoms with Gasteiger partial charge in [0.2, 0.25) is 0 Å². The van der Waals surface area contributed by atoms with E-state index in [1.165, 1.54) is 10.7 Å². The summed E-state index contributed by atoms with van der Waals surface area (Å²) in [6.45, 7) is 0.243. The van der Waals surface area contributed by atoms with Crippen LogP contribution in [-0.4, -0.2) is 54.0 Å². The van der Waals surface area contributed by atoms with Gasteiger partial charge in [0, 0.05) is 45.8 Å². The average molecular weight is 680 g/mol. The smallest absolute Gasteiger partial charge is 0.286 e. The van der Waals surface area contributed by atoms with Crippen LogP contribution in [0.4, 0.5) is 0 Å². The molecule has 0 spiro atoms. The normalized spacial score (nSPS) is 11.3. The number of hydrogen-bond donors (Lipinski definition) is 1. The molecule has 5 aromatic rings. The largest absolute Gasteiger partial charge is 0.355 e. The molecular formula is C31H26ClN5O7S2. The van der Waals surface area contributed by atoms with E-state index >= 15 is 0 Å². The molecule has 0 radical (unpaired) electrons. The highest BCUT2D eigenvalue weighted by Gasteiger charge is 2.10. The summed E-state index contributed by atoms with van der Waals surface area (Å²) in [6, 6.07) is 27.2. The Morgan fingerprint density at radius 2 is 1.46 bits per heavy atom. The lowest BCUT2D eigenvalue weighted by molar-refractivity contribution is 0.412. The molecular weight excluding hydrogens is 654 g/mol. The third-order valence-corrected chi connectivity index (χ3v) is 7.93. The van der Waals surface area contributed by atoms with E-state index in [0.717, 1.165) is 40.5 Å². The Labute approximate surface area is 269 Å². The monoisotopic (exact) mass is 679 g/mol. The number of aryl methyl sites for hydroxylation is 1. The van der Waals surface area contributed by atoms with E-state index in [4.69, 9.17) is 4.55 Å². The van der Waals surface area contributed by atoms with Gasteiger partial charge in [-0.25, -0.2) is 14.6 Å². The number of aromatic nitrogens is 4. The number of nitriles is 1. The van der Waals surface area contributed by atoms with Crippen molar-refractivity contribution in [2.45, 2.75) is 13.0 Å². The predicted octanol–water partition coefficient (Wildman–Crippen LogP) is 4.50. The third-order valence-electron chi connectivity index (χ3n) is 6.43. The zero-order valence-corrected chi connectivity index (χ0v) is 26.6. The van der Waals surface area contributed by atoms with E-state index in [1.54, 1.807) is 42.7 Å². The zero-order chi connectivity index (χ0) is 33.3. The highest BCUT2D eigenvalue weighted by atomic mass is 35.7. The maximum Gasteiger partial charge on any atom is 0.355 e. The summed E-state index contributed by atoms with van der Waals surface area (Å²) < 4.78 is 55.3. The van der Waals surface area contributed by atoms with E-state index in [9.17, 15) is 26.9 Å². The third kappa shape index (κ3) is 10.1. The molecule has 1 N–H and O–H groups in total. The molecule has 12 nitrogen and oxygen atoms in total. The van der Waals surface area contributed by atoms with Gasteiger partial charge >= 0.3 is 9.33 Å². The van der Waals surface area contributed by atoms with E-state index < -0.39 is 19.4 Å². The Morgan fingerprint density at radius 1 is 0.848 bits per heavy atom. The van der Waals surface area contributed by atoms with Gasteiger partial charge in [0.15, 0.2) is 5.82 Å². The van der Waals surface area contributed by atoms with Crippen LogP contribution in [0.2, 0.25) is 0 Å². The summed E-state index contributed by atoms with van der Waals surface area (Å²) in [6.07, 6.45) is 3.59. The molecule has 46 heavy (non-hydrogen) atoms. The Morgan fingerprint density at radius 3 is 2.11 bits per heavy atom. The van der Waals surface area contributed by atoms with Crippen molar-refractivity contribution in [1.82, 2.24) is 19.7 Å². The van der Waals surface area contributed by atoms with Crippen LogP contribution < -0.4 is 5.56 Å². The summed E-state index contributed by atoms with van der Waals surface area (Å²) in [7, 11) is -2.27. The zero-order valence-electron chi connectivity index (χ0n) is 24.2. The molecule has 2 heterocycles. The Bertz CT molecular complexity index is 2170. The lowest BCUT2D eigenvalue weighted by atomic mass is 10.0. The molecule has 0 amide bonds. The maximum absolute atomic E-state index is 12.6. The highest BCUT2D eigenvalue weighted by molar-refractivity contribution is 8.09. The Balaban J connectivity index is 0.000000731. The van der Waals surface area contributed by atoms with Crippen molar-refractivity contribution in [3.05, 3.63) is 124 Å². The fraction of sp³-hybridized carbons (Fsp3) is 0.129. The van der Waals surface area contributed by atoms with E-state index in [1.807, 2.05) is 48.5 Å². The average Bonchev–Trinajstić information content (AvgIpc) is 3.05. The fourth-order valence-electron chi connectivity index (χ4n) is 4.23. The lowest BCUT2D eigenvalue weighted by Gasteiger charge is -2.09. The van der Waals surface area contributed by atoms with Crippen molar-refractivity contribution >= 4 is 30.1 Å². The first-order valence-corrected chi connectivity index (χ1v) is 17.2. The lowest BCUT2D eigenvalue weighted by Crippen LogP contribution is -2.22. The number of rotatable bonds is 9. The number of halogens is 1. The van der Waals surface area contributed by atoms with E-state index in [0.29, 0.717) is 17.1 Å². The molecule has 0 aliphatic carbocycles. The van der Waals surface area contributed by atoms with Gasteiger partial charge in [-0.1, -0.05) is 54.6 Å². The SMILES string of the molecule is COS(=O)(=O)Cl.N#Cc1cccc(-c2ccc(=O)n(Cc3cccc(-c4ncc(-c5cccc(CCS(=O)(=O)O)c5)cn4)c3)n2)c1. The van der Waals surface area contributed by atoms with Gasteiger partial charge in [-0.2, -0.15) is 27.2 Å². The molecule has 3 aromatic carbocycles. The first kappa shape index (κ1) is 34.1. The van der Waals surface area contributed by atoms with Crippen LogP contribution in [0, 0.1) is 11.3 Å². The van der Waals surface area contributed by atoms with Crippen molar-refractivity contribution in [2.75, 3.05) is 12.9 Å². The minimum absolute atomic E-state index is 0.200. The molecule has 0 unspecified atom stereocenters. The number of benzene rings is 3. The predicted molar refractivity (Wildman–Crippen MR) is 173 cm³/mol. The van der Waals surface area contributed by atoms with E-state index in [-0.39, 0.29) is 24.3 Å². The second kappa shape index (κ2) is 15.0. The summed E-state index contributed by atoms with van der Waals surface area (Å²) in [4.78, 5) is 21.6. The molecule has 0 saturated heterocycles. The van der Waals surface area contributed by atoms with Gasteiger partial charge in [-0.15, -0.1) is 0 Å². The summed E-state index contributed by atoms with van der Waals surface area (Å²) in [5, 5.41) is 13.7. The standard InChI is InChI=1S/C30H23N5O4S.CH3ClO3S/c31-17-22-5-2-8-25(15-22)28-10-11-29(36)35(34-28)20-23-6-3-9-26(16-23)30-32-18-27(19-33-30)24-7-1-4-21(14-24)12-13-40(37,38)39;1-5-6(2,3)4/h1-11,14-16,18-19H,12-13,20H2,(H,37,38,39);1H3. The van der Waals surface area contributed by atoms with Gasteiger partial charge in [-0.3, -0.25) is 13.5 Å². The van der Waals surface area contributed by atoms with Gasteiger partial charge in [0.1, 0.15) is 0 Å². The topological polar surface area (TPSA) is 182 Å². The van der Waals surface area contributed by atoms with Crippen molar-refractivity contribution in [3.63, 3.8) is 0 Å². The second-order valence-corrected chi connectivity index (χ2v) is 13.5. The van der Waals surface area contributed by atoms with Crippen LogP contribution in [-0.2, 0) is 36.6 Å². The minimum atomic E-state index is -4.04. The van der Waals surface area contributed by atoms with Crippen LogP contribution in [0.1, 0.15) is 16.7 Å². The molecule has 2 aromatic heterocycles. The summed E-state index contributed by atoms with van der Waals surface area (Å²) in [5.41, 5.74) is 5.60. The first-order valence-electron chi connectivity index (χ1n) is 13.4. The number of nitrogens with zero attached hydrogens (tertiary/aromatic N) is 5. The van der Waals surface area contributed by atoms with Crippen molar-refractivity contribution < 1.29 is 25.6 Å². The fourth-order valence-corrected chi connectivity index (χ4v) is 4.72. The molecule has 0 atom stereocenters. The van der Waals surface area contributed by atoms with Crippen LogP contribution in [0.25, 0.3) is 33.8 Å². The van der Waals surface area contributed by atoms with Crippen LogP contribution in [0.5, 0.6) is 0 Å². The van der Waals surface area contributed by atoms with Crippen molar-refractivity contribution in [2.24, 2.45) is 0 Å². The minimum Gasteiger partial charge on any atom is -0.286 e. The van der Waals surface area contributed by atoms with Crippen molar-refractivity contribution in [1.29, 1.82) is 5.26 Å². The molecule has 0 saturated carbocycles. The van der Waals surface area contributed by atoms with Gasteiger partial charge < -0.3 is 0 Å². The molecule has 0 aliphatic rings. The Hall–Kier alpha value is -4.78. The summed E-state index contributed by atoms with van der Waals surface area (Å²) >= 11 is 0. The molecule has 15 heteroatoms. The van der Waals surface area contributed by atoms with Crippen LogP contribution in [0.3, 0.4) is 0 Å². The molecule has 5 rings (SSSR count). The Kier molecular flexibility index (Phi) is 11.1. The quantitative estimate of drug-likeness (QED) is 0.171. The van der Waals surface area contributed by atoms with E-state index in [2.05, 4.69) is 36.0 Å². The highest BCUT2D eigenvalue weighted by Crippen LogP contribution is 2.23. The van der Waals surface area contributed by atoms with Crippen LogP contribution in [0.15, 0.2) is 102 Å². The number of hydrogen-bond acceptors (Lipinski definition) is 10. The van der Waals surface area contributed by atoms with Gasteiger partial charge in [0.05, 0.1) is 36.7 Å².